The molecule has 0 bridgehead atoms. The van der Waals surface area contributed by atoms with E-state index in [2.05, 4.69) is 32.9 Å². The molecule has 0 unspecified atom stereocenters. The first-order chi connectivity index (χ1) is 9.86. The highest BCUT2D eigenvalue weighted by atomic mass is 79.9. The first-order valence-electron chi connectivity index (χ1n) is 6.58. The van der Waals surface area contributed by atoms with E-state index in [-0.39, 0.29) is 6.61 Å². The third kappa shape index (κ3) is 6.32. The Labute approximate surface area is 130 Å². The van der Waals surface area contributed by atoms with Crippen LogP contribution in [0.1, 0.15) is 24.5 Å². The van der Waals surface area contributed by atoms with Gasteiger partial charge in [-0.1, -0.05) is 35.0 Å². The number of nitrogens with one attached hydrogen (secondary N) is 1. The largest absolute Gasteiger partial charge is 0.370 e. The predicted molar refractivity (Wildman–Crippen MR) is 76.7 cm³/mol. The van der Waals surface area contributed by atoms with E-state index in [1.165, 1.54) is 0 Å². The molecule has 1 aromatic carbocycles. The molecule has 0 aromatic heterocycles. The standard InChI is InChI=1S/C14H18BrF4NO/c1-2-5-20-7-10-3-4-11(12(15)6-10)8-21-9-14(18,19)13(16)17/h3-4,6,13,20H,2,5,7-9H2,1H3. The fourth-order valence-corrected chi connectivity index (χ4v) is 2.13. The number of alkyl halides is 4. The third-order valence-electron chi connectivity index (χ3n) is 2.74. The van der Waals surface area contributed by atoms with Crippen molar-refractivity contribution in [2.45, 2.75) is 38.8 Å². The molecule has 1 N–H and O–H groups in total. The van der Waals surface area contributed by atoms with Gasteiger partial charge in [0.25, 0.3) is 0 Å². The molecule has 0 spiro atoms. The zero-order valence-corrected chi connectivity index (χ0v) is 13.2. The maximum Gasteiger partial charge on any atom is 0.330 e. The van der Waals surface area contributed by atoms with Crippen LogP contribution in [-0.2, 0) is 17.9 Å². The van der Waals surface area contributed by atoms with Crippen molar-refractivity contribution >= 4 is 15.9 Å². The molecule has 0 atom stereocenters. The zero-order valence-electron chi connectivity index (χ0n) is 11.6. The first-order valence-corrected chi connectivity index (χ1v) is 7.38. The Morgan fingerprint density at radius 3 is 2.62 bits per heavy atom. The highest BCUT2D eigenvalue weighted by Gasteiger charge is 2.40. The van der Waals surface area contributed by atoms with Crippen molar-refractivity contribution in [3.05, 3.63) is 33.8 Å². The number of halogens is 5. The molecule has 0 saturated carbocycles. The maximum atomic E-state index is 12.7. The summed E-state index contributed by atoms with van der Waals surface area (Å²) in [5.74, 6) is -4.11. The van der Waals surface area contributed by atoms with Gasteiger partial charge in [-0.3, -0.25) is 0 Å². The lowest BCUT2D eigenvalue weighted by atomic mass is 10.1. The van der Waals surface area contributed by atoms with E-state index >= 15 is 0 Å². The molecule has 0 aliphatic rings. The molecule has 7 heteroatoms. The van der Waals surface area contributed by atoms with Gasteiger partial charge in [0.05, 0.1) is 6.61 Å². The number of ether oxygens (including phenoxy) is 1. The summed E-state index contributed by atoms with van der Waals surface area (Å²) >= 11 is 3.32. The summed E-state index contributed by atoms with van der Waals surface area (Å²) in [5.41, 5.74) is 1.68. The molecule has 1 rings (SSSR count). The van der Waals surface area contributed by atoms with E-state index in [4.69, 9.17) is 0 Å². The lowest BCUT2D eigenvalue weighted by Crippen LogP contribution is -2.32. The summed E-state index contributed by atoms with van der Waals surface area (Å²) in [7, 11) is 0. The Hall–Kier alpha value is -0.660. The molecule has 0 saturated heterocycles. The van der Waals surface area contributed by atoms with Gasteiger partial charge in [-0.15, -0.1) is 0 Å². The minimum absolute atomic E-state index is 0.147. The van der Waals surface area contributed by atoms with Crippen molar-refractivity contribution in [3.8, 4) is 0 Å². The average Bonchev–Trinajstić information content (AvgIpc) is 2.41. The molecule has 120 valence electrons. The SMILES string of the molecule is CCCNCc1ccc(COCC(F)(F)C(F)F)c(Br)c1. The van der Waals surface area contributed by atoms with E-state index in [1.54, 1.807) is 6.07 Å². The number of rotatable bonds is 9. The molecule has 0 aliphatic carbocycles. The molecule has 0 aliphatic heterocycles. The quantitative estimate of drug-likeness (QED) is 0.514. The van der Waals surface area contributed by atoms with Crippen molar-refractivity contribution in [2.24, 2.45) is 0 Å². The lowest BCUT2D eigenvalue weighted by Gasteiger charge is -2.15. The van der Waals surface area contributed by atoms with Gasteiger partial charge in [0.15, 0.2) is 0 Å². The second-order valence-electron chi connectivity index (χ2n) is 4.66. The van der Waals surface area contributed by atoms with Gasteiger partial charge in [0.2, 0.25) is 0 Å². The molecule has 2 nitrogen and oxygen atoms in total. The average molecular weight is 372 g/mol. The van der Waals surface area contributed by atoms with Crippen LogP contribution in [0.3, 0.4) is 0 Å². The second-order valence-corrected chi connectivity index (χ2v) is 5.51. The molecule has 21 heavy (non-hydrogen) atoms. The van der Waals surface area contributed by atoms with Crippen molar-refractivity contribution < 1.29 is 22.3 Å². The van der Waals surface area contributed by atoms with Gasteiger partial charge in [-0.2, -0.15) is 8.78 Å². The van der Waals surface area contributed by atoms with Crippen molar-refractivity contribution in [1.29, 1.82) is 0 Å². The Balaban J connectivity index is 2.49. The van der Waals surface area contributed by atoms with Crippen LogP contribution in [0.5, 0.6) is 0 Å². The number of benzene rings is 1. The Kier molecular flexibility index (Phi) is 7.62. The van der Waals surface area contributed by atoms with Crippen LogP contribution < -0.4 is 5.32 Å². The summed E-state index contributed by atoms with van der Waals surface area (Å²) in [6.45, 7) is 2.24. The third-order valence-corrected chi connectivity index (χ3v) is 3.48. The van der Waals surface area contributed by atoms with Gasteiger partial charge in [-0.25, -0.2) is 8.78 Å². The minimum Gasteiger partial charge on any atom is -0.370 e. The minimum atomic E-state index is -4.11. The lowest BCUT2D eigenvalue weighted by molar-refractivity contribution is -0.168. The summed E-state index contributed by atoms with van der Waals surface area (Å²) in [6.07, 6.45) is -2.68. The van der Waals surface area contributed by atoms with Crippen LogP contribution in [0.25, 0.3) is 0 Å². The molecule has 0 radical (unpaired) electrons. The number of hydrogen-bond donors (Lipinski definition) is 1. The Bertz CT molecular complexity index is 443. The smallest absolute Gasteiger partial charge is 0.330 e. The molecule has 0 fully saturated rings. The summed E-state index contributed by atoms with van der Waals surface area (Å²) in [6, 6.07) is 5.43. The first kappa shape index (κ1) is 18.4. The molecule has 0 heterocycles. The van der Waals surface area contributed by atoms with E-state index in [1.807, 2.05) is 12.1 Å². The summed E-state index contributed by atoms with van der Waals surface area (Å²) < 4.78 is 54.7. The van der Waals surface area contributed by atoms with Crippen molar-refractivity contribution in [3.63, 3.8) is 0 Å². The van der Waals surface area contributed by atoms with Crippen LogP contribution in [0, 0.1) is 0 Å². The van der Waals surface area contributed by atoms with Crippen molar-refractivity contribution in [2.75, 3.05) is 13.2 Å². The predicted octanol–water partition coefficient (Wildman–Crippen LogP) is 4.37. The van der Waals surface area contributed by atoms with Gasteiger partial charge < -0.3 is 10.1 Å². The fourth-order valence-electron chi connectivity index (χ4n) is 1.59. The monoisotopic (exact) mass is 371 g/mol. The van der Waals surface area contributed by atoms with Crippen molar-refractivity contribution in [1.82, 2.24) is 5.32 Å². The van der Waals surface area contributed by atoms with Gasteiger partial charge in [0, 0.05) is 11.0 Å². The van der Waals surface area contributed by atoms with Crippen LogP contribution in [0.4, 0.5) is 17.6 Å². The van der Waals surface area contributed by atoms with Crippen LogP contribution in [0.2, 0.25) is 0 Å². The molecular weight excluding hydrogens is 354 g/mol. The molecule has 0 amide bonds. The molecular formula is C14H18BrF4NO. The normalized spacial score (nSPS) is 12.1. The van der Waals surface area contributed by atoms with E-state index < -0.39 is 19.0 Å². The summed E-state index contributed by atoms with van der Waals surface area (Å²) in [5, 5.41) is 3.24. The Morgan fingerprint density at radius 2 is 2.05 bits per heavy atom. The van der Waals surface area contributed by atoms with E-state index in [9.17, 15) is 17.6 Å². The van der Waals surface area contributed by atoms with Crippen LogP contribution in [0.15, 0.2) is 22.7 Å². The van der Waals surface area contributed by atoms with Gasteiger partial charge in [-0.05, 0) is 30.2 Å². The topological polar surface area (TPSA) is 21.3 Å². The maximum absolute atomic E-state index is 12.7. The zero-order chi connectivity index (χ0) is 15.9. The van der Waals surface area contributed by atoms with Gasteiger partial charge >= 0.3 is 12.3 Å². The fraction of sp³-hybridized carbons (Fsp3) is 0.571. The van der Waals surface area contributed by atoms with Crippen LogP contribution in [-0.4, -0.2) is 25.5 Å². The number of hydrogen-bond acceptors (Lipinski definition) is 2. The second kappa shape index (κ2) is 8.70. The highest BCUT2D eigenvalue weighted by molar-refractivity contribution is 9.10. The highest BCUT2D eigenvalue weighted by Crippen LogP contribution is 2.25. The van der Waals surface area contributed by atoms with E-state index in [0.29, 0.717) is 16.6 Å². The molecule has 1 aromatic rings. The van der Waals surface area contributed by atoms with Crippen LogP contribution >= 0.6 is 15.9 Å². The summed E-state index contributed by atoms with van der Waals surface area (Å²) in [4.78, 5) is 0. The van der Waals surface area contributed by atoms with E-state index in [0.717, 1.165) is 18.5 Å². The Morgan fingerprint density at radius 1 is 1.33 bits per heavy atom. The van der Waals surface area contributed by atoms with Gasteiger partial charge in [0.1, 0.15) is 6.61 Å².